The third kappa shape index (κ3) is 3.51. The van der Waals surface area contributed by atoms with Gasteiger partial charge in [-0.05, 0) is 40.0 Å². The summed E-state index contributed by atoms with van der Waals surface area (Å²) in [5.41, 5.74) is 1.02. The first-order chi connectivity index (χ1) is 8.15. The van der Waals surface area contributed by atoms with Crippen LogP contribution in [0.15, 0.2) is 22.7 Å². The van der Waals surface area contributed by atoms with Crippen LogP contribution in [0.3, 0.4) is 0 Å². The van der Waals surface area contributed by atoms with Crippen molar-refractivity contribution in [3.63, 3.8) is 0 Å². The molecule has 0 spiro atoms. The maximum atomic E-state index is 13.0. The van der Waals surface area contributed by atoms with Gasteiger partial charge in [-0.2, -0.15) is 0 Å². The number of amides is 1. The number of carbonyl (C=O) groups is 1. The molecule has 17 heavy (non-hydrogen) atoms. The minimum atomic E-state index is -0.251. The number of nitrogens with one attached hydrogen (secondary N) is 2. The second kappa shape index (κ2) is 5.60. The summed E-state index contributed by atoms with van der Waals surface area (Å²) >= 11 is 3.16. The van der Waals surface area contributed by atoms with E-state index in [0.717, 1.165) is 12.0 Å². The van der Waals surface area contributed by atoms with Gasteiger partial charge in [0, 0.05) is 25.6 Å². The number of piperidine rings is 1. The van der Waals surface area contributed by atoms with Crippen LogP contribution in [0.4, 0.5) is 4.39 Å². The van der Waals surface area contributed by atoms with Crippen LogP contribution in [-0.2, 0) is 11.3 Å². The summed E-state index contributed by atoms with van der Waals surface area (Å²) in [5, 5.41) is 6.17. The zero-order chi connectivity index (χ0) is 12.3. The fourth-order valence-electron chi connectivity index (χ4n) is 1.82. The van der Waals surface area contributed by atoms with Gasteiger partial charge in [0.15, 0.2) is 0 Å². The number of rotatable bonds is 3. The smallest absolute Gasteiger partial charge is 0.220 e. The lowest BCUT2D eigenvalue weighted by Gasteiger charge is -2.23. The first kappa shape index (κ1) is 12.5. The molecule has 0 saturated carbocycles. The van der Waals surface area contributed by atoms with Crippen molar-refractivity contribution in [2.24, 2.45) is 0 Å². The normalized spacial score (nSPS) is 20.1. The van der Waals surface area contributed by atoms with Crippen LogP contribution < -0.4 is 10.6 Å². The predicted octanol–water partition coefficient (Wildman–Crippen LogP) is 1.96. The quantitative estimate of drug-likeness (QED) is 0.896. The highest BCUT2D eigenvalue weighted by atomic mass is 79.9. The average Bonchev–Trinajstić information content (AvgIpc) is 2.33. The van der Waals surface area contributed by atoms with Crippen molar-refractivity contribution in [3.05, 3.63) is 34.1 Å². The molecule has 1 fully saturated rings. The lowest BCUT2D eigenvalue weighted by Crippen LogP contribution is -2.45. The van der Waals surface area contributed by atoms with Crippen molar-refractivity contribution in [2.45, 2.75) is 25.4 Å². The van der Waals surface area contributed by atoms with Gasteiger partial charge in [-0.1, -0.05) is 6.07 Å². The predicted molar refractivity (Wildman–Crippen MR) is 67.0 cm³/mol. The van der Waals surface area contributed by atoms with Gasteiger partial charge < -0.3 is 10.6 Å². The van der Waals surface area contributed by atoms with Crippen molar-refractivity contribution in [2.75, 3.05) is 6.54 Å². The topological polar surface area (TPSA) is 41.1 Å². The number of carbonyl (C=O) groups excluding carboxylic acids is 1. The highest BCUT2D eigenvalue weighted by Gasteiger charge is 2.16. The molecule has 1 aliphatic rings. The summed E-state index contributed by atoms with van der Waals surface area (Å²) in [6.07, 6.45) is 1.43. The molecular weight excluding hydrogens is 287 g/mol. The summed E-state index contributed by atoms with van der Waals surface area (Å²) in [6, 6.07) is 5.28. The summed E-state index contributed by atoms with van der Waals surface area (Å²) < 4.78 is 13.5. The van der Waals surface area contributed by atoms with Crippen LogP contribution >= 0.6 is 15.9 Å². The van der Waals surface area contributed by atoms with Gasteiger partial charge >= 0.3 is 0 Å². The molecule has 1 aliphatic heterocycles. The highest BCUT2D eigenvalue weighted by Crippen LogP contribution is 2.17. The number of hydrogen-bond donors (Lipinski definition) is 2. The Hall–Kier alpha value is -0.940. The van der Waals surface area contributed by atoms with E-state index >= 15 is 0 Å². The van der Waals surface area contributed by atoms with E-state index in [9.17, 15) is 9.18 Å². The lowest BCUT2D eigenvalue weighted by atomic mass is 10.1. The standard InChI is InChI=1S/C12H14BrFN2O/c13-10-5-8(1-3-11(10)14)6-15-9-2-4-12(17)16-7-9/h1,3,5,9,15H,2,4,6-7H2,(H,16,17). The molecule has 0 aromatic heterocycles. The minimum absolute atomic E-state index is 0.118. The van der Waals surface area contributed by atoms with E-state index in [-0.39, 0.29) is 11.7 Å². The van der Waals surface area contributed by atoms with E-state index in [1.807, 2.05) is 0 Å². The van der Waals surface area contributed by atoms with Gasteiger partial charge in [-0.3, -0.25) is 4.79 Å². The van der Waals surface area contributed by atoms with Crippen molar-refractivity contribution < 1.29 is 9.18 Å². The van der Waals surface area contributed by atoms with Gasteiger partial charge in [0.1, 0.15) is 5.82 Å². The Morgan fingerprint density at radius 1 is 1.53 bits per heavy atom. The van der Waals surface area contributed by atoms with Gasteiger partial charge in [0.25, 0.3) is 0 Å². The van der Waals surface area contributed by atoms with Gasteiger partial charge in [-0.25, -0.2) is 4.39 Å². The van der Waals surface area contributed by atoms with Crippen molar-refractivity contribution in [3.8, 4) is 0 Å². The molecule has 2 rings (SSSR count). The Kier molecular flexibility index (Phi) is 4.12. The molecule has 0 radical (unpaired) electrons. The Labute approximate surface area is 108 Å². The Balaban J connectivity index is 1.85. The molecule has 92 valence electrons. The van der Waals surface area contributed by atoms with Crippen LogP contribution in [0.2, 0.25) is 0 Å². The molecule has 3 nitrogen and oxygen atoms in total. The maximum Gasteiger partial charge on any atom is 0.220 e. The molecule has 1 unspecified atom stereocenters. The fraction of sp³-hybridized carbons (Fsp3) is 0.417. The fourth-order valence-corrected chi connectivity index (χ4v) is 2.25. The zero-order valence-electron chi connectivity index (χ0n) is 9.30. The highest BCUT2D eigenvalue weighted by molar-refractivity contribution is 9.10. The van der Waals surface area contributed by atoms with E-state index in [4.69, 9.17) is 0 Å². The van der Waals surface area contributed by atoms with Gasteiger partial charge in [0.05, 0.1) is 4.47 Å². The summed E-state index contributed by atoms with van der Waals surface area (Å²) in [5.74, 6) is -0.133. The third-order valence-corrected chi connectivity index (χ3v) is 3.45. The van der Waals surface area contributed by atoms with Crippen molar-refractivity contribution in [1.29, 1.82) is 0 Å². The monoisotopic (exact) mass is 300 g/mol. The Morgan fingerprint density at radius 2 is 2.35 bits per heavy atom. The number of hydrogen-bond acceptors (Lipinski definition) is 2. The molecule has 0 aliphatic carbocycles. The molecule has 1 saturated heterocycles. The van der Waals surface area contributed by atoms with E-state index in [1.54, 1.807) is 12.1 Å². The molecule has 1 aromatic carbocycles. The second-order valence-corrected chi connectivity index (χ2v) is 5.02. The average molecular weight is 301 g/mol. The zero-order valence-corrected chi connectivity index (χ0v) is 10.9. The molecule has 2 N–H and O–H groups in total. The molecule has 5 heteroatoms. The van der Waals surface area contributed by atoms with E-state index in [0.29, 0.717) is 30.0 Å². The largest absolute Gasteiger partial charge is 0.355 e. The number of benzene rings is 1. The maximum absolute atomic E-state index is 13.0. The molecule has 1 aromatic rings. The summed E-state index contributed by atoms with van der Waals surface area (Å²) in [7, 11) is 0. The molecule has 1 heterocycles. The minimum Gasteiger partial charge on any atom is -0.355 e. The Bertz CT molecular complexity index is 415. The lowest BCUT2D eigenvalue weighted by molar-refractivity contribution is -0.122. The van der Waals surface area contributed by atoms with E-state index < -0.39 is 0 Å². The molecular formula is C12H14BrFN2O. The third-order valence-electron chi connectivity index (χ3n) is 2.84. The number of halogens is 2. The first-order valence-corrected chi connectivity index (χ1v) is 6.38. The van der Waals surface area contributed by atoms with Crippen LogP contribution in [0, 0.1) is 5.82 Å². The second-order valence-electron chi connectivity index (χ2n) is 4.17. The van der Waals surface area contributed by atoms with E-state index in [2.05, 4.69) is 26.6 Å². The molecule has 1 atom stereocenters. The SMILES string of the molecule is O=C1CCC(NCc2ccc(F)c(Br)c2)CN1. The van der Waals surface area contributed by atoms with Crippen molar-refractivity contribution in [1.82, 2.24) is 10.6 Å². The van der Waals surface area contributed by atoms with Crippen LogP contribution in [0.25, 0.3) is 0 Å². The summed E-state index contributed by atoms with van der Waals surface area (Å²) in [6.45, 7) is 1.35. The van der Waals surface area contributed by atoms with Crippen LogP contribution in [-0.4, -0.2) is 18.5 Å². The summed E-state index contributed by atoms with van der Waals surface area (Å²) in [4.78, 5) is 11.0. The van der Waals surface area contributed by atoms with Gasteiger partial charge in [0.2, 0.25) is 5.91 Å². The van der Waals surface area contributed by atoms with Crippen LogP contribution in [0.1, 0.15) is 18.4 Å². The van der Waals surface area contributed by atoms with Crippen molar-refractivity contribution >= 4 is 21.8 Å². The first-order valence-electron chi connectivity index (χ1n) is 5.59. The van der Waals surface area contributed by atoms with Crippen LogP contribution in [0.5, 0.6) is 0 Å². The van der Waals surface area contributed by atoms with Gasteiger partial charge in [-0.15, -0.1) is 0 Å². The Morgan fingerprint density at radius 3 is 3.00 bits per heavy atom. The molecule has 0 bridgehead atoms. The molecule has 1 amide bonds. The van der Waals surface area contributed by atoms with E-state index in [1.165, 1.54) is 6.07 Å².